The van der Waals surface area contributed by atoms with Gasteiger partial charge in [-0.3, -0.25) is 14.6 Å². The molecule has 0 bridgehead atoms. The number of hydrogen-bond acceptors (Lipinski definition) is 7. The van der Waals surface area contributed by atoms with Gasteiger partial charge in [-0.2, -0.15) is 4.98 Å². The van der Waals surface area contributed by atoms with Gasteiger partial charge in [0.05, 0.1) is 12.2 Å². The van der Waals surface area contributed by atoms with E-state index in [4.69, 9.17) is 4.98 Å². The van der Waals surface area contributed by atoms with Crippen LogP contribution in [0.4, 0.5) is 11.6 Å². The van der Waals surface area contributed by atoms with Crippen LogP contribution < -0.4 is 21.5 Å². The standard InChI is InChI=1S/C27H32N8O2/c1-17(36)29-11-12-34-25(37)22-16-31-26(32-20-6-5-19-15-28-9-7-18(19)13-20)33-24(22)35(34)21-8-10-30-23(14-21)27(2,3)4/h5-6,8,10,13-14,16,28H,7,9,11-12,15H2,1-4H3,(H,29,36)(H,31,32,33). The van der Waals surface area contributed by atoms with Crippen LogP contribution in [-0.2, 0) is 29.7 Å². The summed E-state index contributed by atoms with van der Waals surface area (Å²) in [7, 11) is 0. The van der Waals surface area contributed by atoms with Crippen LogP contribution in [0.2, 0.25) is 0 Å². The summed E-state index contributed by atoms with van der Waals surface area (Å²) < 4.78 is 3.38. The predicted octanol–water partition coefficient (Wildman–Crippen LogP) is 2.80. The Kier molecular flexibility index (Phi) is 6.51. The fraction of sp³-hybridized carbons (Fsp3) is 0.370. The van der Waals surface area contributed by atoms with Crippen molar-refractivity contribution in [1.29, 1.82) is 0 Å². The van der Waals surface area contributed by atoms with Gasteiger partial charge in [0.2, 0.25) is 11.9 Å². The lowest BCUT2D eigenvalue weighted by atomic mass is 9.91. The molecule has 0 fully saturated rings. The first-order valence-corrected chi connectivity index (χ1v) is 12.5. The zero-order valence-electron chi connectivity index (χ0n) is 21.6. The highest BCUT2D eigenvalue weighted by Gasteiger charge is 2.21. The van der Waals surface area contributed by atoms with Gasteiger partial charge in [0, 0.05) is 49.2 Å². The number of benzene rings is 1. The van der Waals surface area contributed by atoms with Crippen molar-refractivity contribution in [2.45, 2.75) is 52.6 Å². The molecule has 0 radical (unpaired) electrons. The summed E-state index contributed by atoms with van der Waals surface area (Å²) in [6.07, 6.45) is 4.28. The molecule has 0 atom stereocenters. The number of nitrogens with zero attached hydrogens (tertiary/aromatic N) is 5. The first-order valence-electron chi connectivity index (χ1n) is 12.5. The average Bonchev–Trinajstić information content (AvgIpc) is 3.14. The number of aromatic nitrogens is 5. The zero-order valence-corrected chi connectivity index (χ0v) is 21.6. The van der Waals surface area contributed by atoms with Crippen molar-refractivity contribution < 1.29 is 4.79 Å². The van der Waals surface area contributed by atoms with Crippen molar-refractivity contribution >= 4 is 28.6 Å². The van der Waals surface area contributed by atoms with Gasteiger partial charge in [0.15, 0.2) is 5.65 Å². The molecule has 4 heterocycles. The van der Waals surface area contributed by atoms with Crippen LogP contribution in [0.1, 0.15) is 44.5 Å². The molecule has 1 amide bonds. The van der Waals surface area contributed by atoms with Gasteiger partial charge >= 0.3 is 0 Å². The number of rotatable bonds is 6. The number of nitrogens with one attached hydrogen (secondary N) is 3. The minimum atomic E-state index is -0.220. The number of fused-ring (bicyclic) bond motifs is 2. The normalized spacial score (nSPS) is 13.4. The Balaban J connectivity index is 1.60. The molecule has 0 unspecified atom stereocenters. The van der Waals surface area contributed by atoms with Gasteiger partial charge in [-0.15, -0.1) is 0 Å². The molecule has 4 aromatic rings. The van der Waals surface area contributed by atoms with E-state index >= 15 is 0 Å². The Hall–Kier alpha value is -4.05. The third-order valence-corrected chi connectivity index (χ3v) is 6.48. The van der Waals surface area contributed by atoms with Crippen molar-refractivity contribution in [3.05, 3.63) is 69.9 Å². The summed E-state index contributed by atoms with van der Waals surface area (Å²) in [6.45, 7) is 10.2. The predicted molar refractivity (Wildman–Crippen MR) is 143 cm³/mol. The molecular formula is C27H32N8O2. The van der Waals surface area contributed by atoms with E-state index in [1.165, 1.54) is 18.1 Å². The minimum Gasteiger partial charge on any atom is -0.354 e. The lowest BCUT2D eigenvalue weighted by Gasteiger charge is -2.20. The molecule has 1 aromatic carbocycles. The average molecular weight is 501 g/mol. The number of amides is 1. The lowest BCUT2D eigenvalue weighted by molar-refractivity contribution is -0.119. The smallest absolute Gasteiger partial charge is 0.278 e. The second kappa shape index (κ2) is 9.78. The fourth-order valence-electron chi connectivity index (χ4n) is 4.54. The highest BCUT2D eigenvalue weighted by molar-refractivity contribution is 5.77. The minimum absolute atomic E-state index is 0.151. The molecule has 3 aromatic heterocycles. The summed E-state index contributed by atoms with van der Waals surface area (Å²) in [5.74, 6) is 0.251. The number of carbonyl (C=O) groups is 1. The summed E-state index contributed by atoms with van der Waals surface area (Å²) in [6, 6.07) is 10.1. The van der Waals surface area contributed by atoms with E-state index < -0.39 is 0 Å². The molecule has 5 rings (SSSR count). The maximum absolute atomic E-state index is 13.4. The Morgan fingerprint density at radius 3 is 2.76 bits per heavy atom. The second-order valence-corrected chi connectivity index (χ2v) is 10.3. The van der Waals surface area contributed by atoms with Crippen molar-refractivity contribution in [3.63, 3.8) is 0 Å². The zero-order chi connectivity index (χ0) is 26.2. The third kappa shape index (κ3) is 5.10. The number of carbonyl (C=O) groups excluding carboxylic acids is 1. The van der Waals surface area contributed by atoms with E-state index in [0.717, 1.165) is 36.6 Å². The Bertz CT molecular complexity index is 1530. The van der Waals surface area contributed by atoms with E-state index in [1.807, 2.05) is 18.2 Å². The van der Waals surface area contributed by atoms with Crippen LogP contribution in [-0.4, -0.2) is 43.3 Å². The summed E-state index contributed by atoms with van der Waals surface area (Å²) in [5.41, 5.74) is 5.25. The SMILES string of the molecule is CC(=O)NCCn1c(=O)c2cnc(Nc3ccc4c(c3)CCNC4)nc2n1-c1ccnc(C(C)(C)C)c1. The van der Waals surface area contributed by atoms with E-state index in [1.54, 1.807) is 21.8 Å². The first kappa shape index (κ1) is 24.6. The van der Waals surface area contributed by atoms with Crippen LogP contribution >= 0.6 is 0 Å². The van der Waals surface area contributed by atoms with E-state index in [-0.39, 0.29) is 23.4 Å². The van der Waals surface area contributed by atoms with Gasteiger partial charge in [-0.05, 0) is 48.4 Å². The number of anilines is 2. The summed E-state index contributed by atoms with van der Waals surface area (Å²) >= 11 is 0. The maximum atomic E-state index is 13.4. The van der Waals surface area contributed by atoms with Crippen molar-refractivity contribution in [3.8, 4) is 5.69 Å². The maximum Gasteiger partial charge on any atom is 0.278 e. The van der Waals surface area contributed by atoms with Crippen molar-refractivity contribution in [1.82, 2.24) is 34.9 Å². The monoisotopic (exact) mass is 500 g/mol. The molecule has 0 saturated carbocycles. The summed E-state index contributed by atoms with van der Waals surface area (Å²) in [4.78, 5) is 38.6. The lowest BCUT2D eigenvalue weighted by Crippen LogP contribution is -2.31. The molecule has 0 saturated heterocycles. The first-order chi connectivity index (χ1) is 17.7. The van der Waals surface area contributed by atoms with Gasteiger partial charge in [0.1, 0.15) is 5.39 Å². The Morgan fingerprint density at radius 2 is 1.97 bits per heavy atom. The molecular weight excluding hydrogens is 468 g/mol. The van der Waals surface area contributed by atoms with Crippen LogP contribution in [0, 0.1) is 0 Å². The quantitative estimate of drug-likeness (QED) is 0.373. The van der Waals surface area contributed by atoms with E-state index in [0.29, 0.717) is 23.5 Å². The third-order valence-electron chi connectivity index (χ3n) is 6.48. The van der Waals surface area contributed by atoms with Gasteiger partial charge in [0.25, 0.3) is 5.56 Å². The summed E-state index contributed by atoms with van der Waals surface area (Å²) in [5, 5.41) is 9.87. The molecule has 1 aliphatic heterocycles. The van der Waals surface area contributed by atoms with Crippen molar-refractivity contribution in [2.24, 2.45) is 0 Å². The largest absolute Gasteiger partial charge is 0.354 e. The van der Waals surface area contributed by atoms with Gasteiger partial charge < -0.3 is 16.0 Å². The second-order valence-electron chi connectivity index (χ2n) is 10.3. The van der Waals surface area contributed by atoms with E-state index in [2.05, 4.69) is 58.8 Å². The topological polar surface area (TPSA) is 119 Å². The molecule has 192 valence electrons. The molecule has 0 aliphatic carbocycles. The highest BCUT2D eigenvalue weighted by atomic mass is 16.1. The van der Waals surface area contributed by atoms with Gasteiger partial charge in [-0.25, -0.2) is 14.3 Å². The molecule has 37 heavy (non-hydrogen) atoms. The molecule has 0 spiro atoms. The van der Waals surface area contributed by atoms with Crippen LogP contribution in [0.5, 0.6) is 0 Å². The molecule has 3 N–H and O–H groups in total. The number of pyridine rings is 1. The highest BCUT2D eigenvalue weighted by Crippen LogP contribution is 2.25. The van der Waals surface area contributed by atoms with Crippen LogP contribution in [0.3, 0.4) is 0 Å². The van der Waals surface area contributed by atoms with E-state index in [9.17, 15) is 9.59 Å². The van der Waals surface area contributed by atoms with Crippen LogP contribution in [0.15, 0.2) is 47.5 Å². The fourth-order valence-corrected chi connectivity index (χ4v) is 4.54. The van der Waals surface area contributed by atoms with Crippen molar-refractivity contribution in [2.75, 3.05) is 18.4 Å². The Morgan fingerprint density at radius 1 is 1.14 bits per heavy atom. The molecule has 10 nitrogen and oxygen atoms in total. The molecule has 1 aliphatic rings. The van der Waals surface area contributed by atoms with Gasteiger partial charge in [-0.1, -0.05) is 26.8 Å². The van der Waals surface area contributed by atoms with Crippen LogP contribution in [0.25, 0.3) is 16.7 Å². The molecule has 10 heteroatoms. The Labute approximate surface area is 215 Å². The number of hydrogen-bond donors (Lipinski definition) is 3.